The van der Waals surface area contributed by atoms with Crippen LogP contribution in [0.5, 0.6) is 0 Å². The summed E-state index contributed by atoms with van der Waals surface area (Å²) < 4.78 is 5.56. The molecule has 0 unspecified atom stereocenters. The summed E-state index contributed by atoms with van der Waals surface area (Å²) in [7, 11) is 1.98. The fourth-order valence-electron chi connectivity index (χ4n) is 3.00. The van der Waals surface area contributed by atoms with Gasteiger partial charge in [-0.1, -0.05) is 19.3 Å². The summed E-state index contributed by atoms with van der Waals surface area (Å²) in [6.07, 6.45) is 10.5. The summed E-state index contributed by atoms with van der Waals surface area (Å²) in [6, 6.07) is 0.501. The lowest BCUT2D eigenvalue weighted by molar-refractivity contribution is -0.133. The third-order valence-electron chi connectivity index (χ3n) is 4.22. The number of hydrogen-bond donors (Lipinski definition) is 0. The van der Waals surface area contributed by atoms with Crippen LogP contribution in [0.4, 0.5) is 0 Å². The Kier molecular flexibility index (Phi) is 4.84. The fourth-order valence-corrected chi connectivity index (χ4v) is 3.00. The summed E-state index contributed by atoms with van der Waals surface area (Å²) in [5.74, 6) is 0.312. The number of nitrogens with zero attached hydrogens (tertiary/aromatic N) is 1. The molecule has 0 bridgehead atoms. The van der Waals surface area contributed by atoms with Gasteiger partial charge in [-0.05, 0) is 32.1 Å². The van der Waals surface area contributed by atoms with E-state index >= 15 is 0 Å². The molecule has 1 atom stereocenters. The molecule has 0 aromatic heterocycles. The van der Waals surface area contributed by atoms with E-state index in [1.807, 2.05) is 11.9 Å². The van der Waals surface area contributed by atoms with Crippen LogP contribution in [-0.2, 0) is 9.53 Å². The minimum Gasteiger partial charge on any atom is -0.378 e. The zero-order valence-corrected chi connectivity index (χ0v) is 11.0. The largest absolute Gasteiger partial charge is 0.378 e. The zero-order chi connectivity index (χ0) is 12.1. The maximum absolute atomic E-state index is 12.1. The highest BCUT2D eigenvalue weighted by Crippen LogP contribution is 2.23. The van der Waals surface area contributed by atoms with Gasteiger partial charge in [0, 0.05) is 26.1 Å². The van der Waals surface area contributed by atoms with Gasteiger partial charge in [-0.25, -0.2) is 0 Å². The van der Waals surface area contributed by atoms with Gasteiger partial charge in [0.15, 0.2) is 0 Å². The molecule has 0 radical (unpaired) electrons. The topological polar surface area (TPSA) is 29.5 Å². The van der Waals surface area contributed by atoms with Crippen LogP contribution in [-0.4, -0.2) is 36.6 Å². The number of rotatable bonds is 4. The van der Waals surface area contributed by atoms with Crippen LogP contribution in [0.15, 0.2) is 0 Å². The van der Waals surface area contributed by atoms with E-state index in [-0.39, 0.29) is 0 Å². The number of hydrogen-bond acceptors (Lipinski definition) is 2. The van der Waals surface area contributed by atoms with E-state index < -0.39 is 0 Å². The van der Waals surface area contributed by atoms with Crippen LogP contribution in [0.2, 0.25) is 0 Å². The lowest BCUT2D eigenvalue weighted by Gasteiger charge is -2.31. The number of carbonyl (C=O) groups is 1. The summed E-state index contributed by atoms with van der Waals surface area (Å²) in [4.78, 5) is 14.1. The average molecular weight is 239 g/mol. The lowest BCUT2D eigenvalue weighted by atomic mass is 9.94. The van der Waals surface area contributed by atoms with Crippen LogP contribution >= 0.6 is 0 Å². The molecule has 3 nitrogen and oxygen atoms in total. The molecule has 1 aliphatic heterocycles. The SMILES string of the molecule is CN(C(=O)CC[C@@H]1CCCO1)C1CCCCC1. The Morgan fingerprint density at radius 3 is 2.59 bits per heavy atom. The molecular weight excluding hydrogens is 214 g/mol. The second-order valence-corrected chi connectivity index (χ2v) is 5.47. The standard InChI is InChI=1S/C14H25NO2/c1-15(12-6-3-2-4-7-12)14(16)10-9-13-8-5-11-17-13/h12-13H,2-11H2,1H3/t13-/m0/s1. The fraction of sp³-hybridized carbons (Fsp3) is 0.929. The summed E-state index contributed by atoms with van der Waals surface area (Å²) >= 11 is 0. The Hall–Kier alpha value is -0.570. The van der Waals surface area contributed by atoms with Gasteiger partial charge in [-0.3, -0.25) is 4.79 Å². The predicted octanol–water partition coefficient (Wildman–Crippen LogP) is 2.74. The van der Waals surface area contributed by atoms with Crippen molar-refractivity contribution in [1.29, 1.82) is 0 Å². The van der Waals surface area contributed by atoms with Crippen molar-refractivity contribution in [3.8, 4) is 0 Å². The minimum atomic E-state index is 0.312. The Labute approximate surface area is 105 Å². The summed E-state index contributed by atoms with van der Waals surface area (Å²) in [5, 5.41) is 0. The van der Waals surface area contributed by atoms with Gasteiger partial charge in [0.2, 0.25) is 5.91 Å². The third-order valence-corrected chi connectivity index (χ3v) is 4.22. The van der Waals surface area contributed by atoms with Crippen molar-refractivity contribution in [1.82, 2.24) is 4.90 Å². The van der Waals surface area contributed by atoms with E-state index in [1.165, 1.54) is 32.1 Å². The van der Waals surface area contributed by atoms with Crippen molar-refractivity contribution in [3.05, 3.63) is 0 Å². The molecule has 2 aliphatic rings. The normalized spacial score (nSPS) is 26.1. The Morgan fingerprint density at radius 2 is 1.94 bits per heavy atom. The van der Waals surface area contributed by atoms with E-state index in [2.05, 4.69) is 0 Å². The Balaban J connectivity index is 1.70. The highest BCUT2D eigenvalue weighted by Gasteiger charge is 2.23. The van der Waals surface area contributed by atoms with E-state index in [1.54, 1.807) is 0 Å². The summed E-state index contributed by atoms with van der Waals surface area (Å²) in [6.45, 7) is 0.886. The smallest absolute Gasteiger partial charge is 0.222 e. The van der Waals surface area contributed by atoms with Crippen LogP contribution in [0.1, 0.15) is 57.8 Å². The number of amides is 1. The first-order chi connectivity index (χ1) is 8.27. The molecule has 3 heteroatoms. The van der Waals surface area contributed by atoms with Gasteiger partial charge in [-0.2, -0.15) is 0 Å². The molecule has 1 saturated carbocycles. The first-order valence-corrected chi connectivity index (χ1v) is 7.14. The van der Waals surface area contributed by atoms with Crippen LogP contribution in [0.3, 0.4) is 0 Å². The number of ether oxygens (including phenoxy) is 1. The minimum absolute atomic E-state index is 0.312. The van der Waals surface area contributed by atoms with Crippen molar-refractivity contribution < 1.29 is 9.53 Å². The number of carbonyl (C=O) groups excluding carboxylic acids is 1. The first-order valence-electron chi connectivity index (χ1n) is 7.14. The second-order valence-electron chi connectivity index (χ2n) is 5.47. The van der Waals surface area contributed by atoms with Crippen LogP contribution in [0.25, 0.3) is 0 Å². The van der Waals surface area contributed by atoms with Crippen LogP contribution < -0.4 is 0 Å². The molecule has 2 fully saturated rings. The molecule has 17 heavy (non-hydrogen) atoms. The van der Waals surface area contributed by atoms with E-state index in [4.69, 9.17) is 4.74 Å². The molecule has 1 amide bonds. The Bertz CT molecular complexity index is 243. The van der Waals surface area contributed by atoms with Crippen molar-refractivity contribution in [2.24, 2.45) is 0 Å². The summed E-state index contributed by atoms with van der Waals surface area (Å²) in [5.41, 5.74) is 0. The van der Waals surface area contributed by atoms with E-state index in [0.717, 1.165) is 25.9 Å². The molecular formula is C14H25NO2. The molecule has 98 valence electrons. The third kappa shape index (κ3) is 3.70. The molecule has 1 saturated heterocycles. The van der Waals surface area contributed by atoms with Crippen molar-refractivity contribution in [2.45, 2.75) is 69.9 Å². The highest BCUT2D eigenvalue weighted by atomic mass is 16.5. The van der Waals surface area contributed by atoms with E-state index in [9.17, 15) is 4.79 Å². The van der Waals surface area contributed by atoms with Gasteiger partial charge in [0.25, 0.3) is 0 Å². The molecule has 0 aromatic carbocycles. The molecule has 1 heterocycles. The quantitative estimate of drug-likeness (QED) is 0.755. The van der Waals surface area contributed by atoms with Gasteiger partial charge in [0.05, 0.1) is 6.10 Å². The molecule has 2 rings (SSSR count). The highest BCUT2D eigenvalue weighted by molar-refractivity contribution is 5.76. The van der Waals surface area contributed by atoms with Gasteiger partial charge >= 0.3 is 0 Å². The van der Waals surface area contributed by atoms with Gasteiger partial charge < -0.3 is 9.64 Å². The monoisotopic (exact) mass is 239 g/mol. The second kappa shape index (κ2) is 6.39. The van der Waals surface area contributed by atoms with Crippen molar-refractivity contribution in [2.75, 3.05) is 13.7 Å². The van der Waals surface area contributed by atoms with Gasteiger partial charge in [0.1, 0.15) is 0 Å². The lowest BCUT2D eigenvalue weighted by Crippen LogP contribution is -2.38. The van der Waals surface area contributed by atoms with Gasteiger partial charge in [-0.15, -0.1) is 0 Å². The maximum atomic E-state index is 12.1. The molecule has 0 aromatic rings. The van der Waals surface area contributed by atoms with Crippen molar-refractivity contribution >= 4 is 5.91 Å². The molecule has 0 spiro atoms. The van der Waals surface area contributed by atoms with Crippen LogP contribution in [0, 0.1) is 0 Å². The first kappa shape index (κ1) is 12.9. The average Bonchev–Trinajstić information content (AvgIpc) is 2.89. The zero-order valence-electron chi connectivity index (χ0n) is 11.0. The predicted molar refractivity (Wildman–Crippen MR) is 67.9 cm³/mol. The van der Waals surface area contributed by atoms with Crippen molar-refractivity contribution in [3.63, 3.8) is 0 Å². The molecule has 1 aliphatic carbocycles. The Morgan fingerprint density at radius 1 is 1.18 bits per heavy atom. The maximum Gasteiger partial charge on any atom is 0.222 e. The van der Waals surface area contributed by atoms with E-state index in [0.29, 0.717) is 24.5 Å². The molecule has 0 N–H and O–H groups in total.